The van der Waals surface area contributed by atoms with E-state index in [1.807, 2.05) is 6.07 Å². The number of hydrogen-bond donors (Lipinski definition) is 1. The molecule has 15 heavy (non-hydrogen) atoms. The van der Waals surface area contributed by atoms with Gasteiger partial charge in [-0.05, 0) is 24.1 Å². The highest BCUT2D eigenvalue weighted by Crippen LogP contribution is 2.28. The molecule has 0 aliphatic carbocycles. The average Bonchev–Trinajstić information content (AvgIpc) is 2.25. The molecule has 2 nitrogen and oxygen atoms in total. The minimum Gasteiger partial charge on any atom is -0.396 e. The van der Waals surface area contributed by atoms with Crippen LogP contribution in [0.4, 0.5) is 5.69 Å². The van der Waals surface area contributed by atoms with Gasteiger partial charge in [0.1, 0.15) is 0 Å². The second kappa shape index (κ2) is 4.07. The minimum absolute atomic E-state index is 0.540. The summed E-state index contributed by atoms with van der Waals surface area (Å²) in [6.07, 6.45) is 3.78. The summed E-state index contributed by atoms with van der Waals surface area (Å²) in [5.74, 6) is 0. The van der Waals surface area contributed by atoms with E-state index in [9.17, 15) is 0 Å². The maximum atomic E-state index is 6.13. The van der Waals surface area contributed by atoms with E-state index in [-0.39, 0.29) is 0 Å². The zero-order valence-corrected chi connectivity index (χ0v) is 9.38. The highest BCUT2D eigenvalue weighted by atomic mass is 35.5. The molecular weight excluding hydrogens is 208 g/mol. The highest BCUT2D eigenvalue weighted by molar-refractivity contribution is 6.37. The molecule has 1 aromatic heterocycles. The van der Waals surface area contributed by atoms with Crippen LogP contribution in [0.5, 0.6) is 0 Å². The van der Waals surface area contributed by atoms with Gasteiger partial charge in [0.15, 0.2) is 0 Å². The van der Waals surface area contributed by atoms with Gasteiger partial charge in [-0.3, -0.25) is 4.98 Å². The molecule has 0 fully saturated rings. The maximum Gasteiger partial charge on any atom is 0.0745 e. The van der Waals surface area contributed by atoms with Crippen molar-refractivity contribution in [1.82, 2.24) is 4.98 Å². The van der Waals surface area contributed by atoms with Crippen LogP contribution in [0.2, 0.25) is 5.02 Å². The number of benzene rings is 1. The summed E-state index contributed by atoms with van der Waals surface area (Å²) in [5.41, 5.74) is 8.43. The molecule has 0 aliphatic rings. The van der Waals surface area contributed by atoms with Crippen molar-refractivity contribution < 1.29 is 0 Å². The summed E-state index contributed by atoms with van der Waals surface area (Å²) >= 11 is 6.13. The second-order valence-electron chi connectivity index (χ2n) is 3.63. The number of fused-ring (bicyclic) bond motifs is 1. The topological polar surface area (TPSA) is 38.9 Å². The third kappa shape index (κ3) is 1.90. The first-order valence-corrected chi connectivity index (χ1v) is 5.42. The van der Waals surface area contributed by atoms with E-state index in [4.69, 9.17) is 17.3 Å². The fraction of sp³-hybridized carbons (Fsp3) is 0.250. The monoisotopic (exact) mass is 220 g/mol. The van der Waals surface area contributed by atoms with Crippen molar-refractivity contribution in [2.45, 2.75) is 19.8 Å². The first-order chi connectivity index (χ1) is 7.22. The summed E-state index contributed by atoms with van der Waals surface area (Å²) in [4.78, 5) is 4.23. The molecule has 0 unspecified atom stereocenters. The van der Waals surface area contributed by atoms with Crippen molar-refractivity contribution in [2.24, 2.45) is 0 Å². The molecule has 3 heteroatoms. The lowest BCUT2D eigenvalue weighted by Gasteiger charge is -2.05. The molecule has 0 saturated heterocycles. The number of aromatic nitrogens is 1. The molecule has 2 N–H and O–H groups in total. The Morgan fingerprint density at radius 2 is 2.20 bits per heavy atom. The van der Waals surface area contributed by atoms with Crippen molar-refractivity contribution in [2.75, 3.05) is 5.73 Å². The molecule has 0 bridgehead atoms. The van der Waals surface area contributed by atoms with E-state index < -0.39 is 0 Å². The lowest BCUT2D eigenvalue weighted by atomic mass is 10.1. The van der Waals surface area contributed by atoms with Gasteiger partial charge < -0.3 is 5.73 Å². The first-order valence-electron chi connectivity index (χ1n) is 5.05. The van der Waals surface area contributed by atoms with Gasteiger partial charge in [0, 0.05) is 5.39 Å². The summed E-state index contributed by atoms with van der Waals surface area (Å²) in [6.45, 7) is 2.16. The van der Waals surface area contributed by atoms with Crippen LogP contribution in [0.25, 0.3) is 10.9 Å². The number of rotatable bonds is 2. The summed E-state index contributed by atoms with van der Waals surface area (Å²) in [5, 5.41) is 1.56. The normalized spacial score (nSPS) is 10.8. The summed E-state index contributed by atoms with van der Waals surface area (Å²) in [6, 6.07) is 6.15. The van der Waals surface area contributed by atoms with Crippen LogP contribution in [0.3, 0.4) is 0 Å². The molecular formula is C12H13ClN2. The van der Waals surface area contributed by atoms with Crippen LogP contribution in [-0.4, -0.2) is 4.98 Å². The van der Waals surface area contributed by atoms with E-state index in [1.165, 1.54) is 5.56 Å². The van der Waals surface area contributed by atoms with Gasteiger partial charge in [0.2, 0.25) is 0 Å². The second-order valence-corrected chi connectivity index (χ2v) is 4.01. The van der Waals surface area contributed by atoms with Gasteiger partial charge in [-0.15, -0.1) is 0 Å². The van der Waals surface area contributed by atoms with E-state index >= 15 is 0 Å². The zero-order chi connectivity index (χ0) is 10.8. The molecule has 0 atom stereocenters. The van der Waals surface area contributed by atoms with Crippen LogP contribution < -0.4 is 5.73 Å². The van der Waals surface area contributed by atoms with Crippen molar-refractivity contribution in [3.63, 3.8) is 0 Å². The molecule has 1 heterocycles. The molecule has 0 spiro atoms. The van der Waals surface area contributed by atoms with Crippen molar-refractivity contribution in [1.29, 1.82) is 0 Å². The molecule has 0 saturated carbocycles. The fourth-order valence-corrected chi connectivity index (χ4v) is 1.87. The van der Waals surface area contributed by atoms with Crippen molar-refractivity contribution in [3.8, 4) is 0 Å². The van der Waals surface area contributed by atoms with Crippen LogP contribution in [0.1, 0.15) is 18.9 Å². The smallest absolute Gasteiger partial charge is 0.0745 e. The number of nitrogen functional groups attached to an aromatic ring is 1. The third-order valence-corrected chi connectivity index (χ3v) is 2.85. The van der Waals surface area contributed by atoms with Crippen molar-refractivity contribution in [3.05, 3.63) is 35.0 Å². The first kappa shape index (κ1) is 10.2. The van der Waals surface area contributed by atoms with Crippen molar-refractivity contribution >= 4 is 28.2 Å². The van der Waals surface area contributed by atoms with E-state index in [2.05, 4.69) is 24.0 Å². The van der Waals surface area contributed by atoms with E-state index in [0.717, 1.165) is 23.7 Å². The Labute approximate surface area is 94.1 Å². The Hall–Kier alpha value is -1.28. The summed E-state index contributed by atoms with van der Waals surface area (Å²) in [7, 11) is 0. The van der Waals surface area contributed by atoms with Gasteiger partial charge in [-0.1, -0.05) is 31.0 Å². The number of pyridine rings is 1. The zero-order valence-electron chi connectivity index (χ0n) is 8.63. The molecule has 78 valence electrons. The number of nitrogens with two attached hydrogens (primary N) is 1. The van der Waals surface area contributed by atoms with Crippen LogP contribution in [-0.2, 0) is 6.42 Å². The molecule has 2 rings (SSSR count). The van der Waals surface area contributed by atoms with E-state index in [1.54, 1.807) is 6.20 Å². The Morgan fingerprint density at radius 3 is 2.93 bits per heavy atom. The van der Waals surface area contributed by atoms with Crippen LogP contribution in [0.15, 0.2) is 24.4 Å². The average molecular weight is 221 g/mol. The Bertz CT molecular complexity index is 494. The lowest BCUT2D eigenvalue weighted by molar-refractivity contribution is 0.923. The van der Waals surface area contributed by atoms with E-state index in [0.29, 0.717) is 10.7 Å². The molecule has 0 aliphatic heterocycles. The highest BCUT2D eigenvalue weighted by Gasteiger charge is 2.04. The van der Waals surface area contributed by atoms with Gasteiger partial charge in [-0.25, -0.2) is 0 Å². The summed E-state index contributed by atoms with van der Waals surface area (Å²) < 4.78 is 0. The standard InChI is InChI=1S/C12H13ClN2/c1-2-3-8-4-5-11-9(6-8)12(13)10(14)7-15-11/h4-7H,2-3,14H2,1H3. The Balaban J connectivity index is 2.63. The van der Waals surface area contributed by atoms with Gasteiger partial charge in [0.25, 0.3) is 0 Å². The van der Waals surface area contributed by atoms with Gasteiger partial charge >= 0.3 is 0 Å². The predicted octanol–water partition coefficient (Wildman–Crippen LogP) is 3.42. The fourth-order valence-electron chi connectivity index (χ4n) is 1.67. The molecule has 1 aromatic carbocycles. The predicted molar refractivity (Wildman–Crippen MR) is 65.2 cm³/mol. The number of aryl methyl sites for hydroxylation is 1. The molecule has 0 radical (unpaired) electrons. The number of hydrogen-bond acceptors (Lipinski definition) is 2. The quantitative estimate of drug-likeness (QED) is 0.842. The largest absolute Gasteiger partial charge is 0.396 e. The maximum absolute atomic E-state index is 6.13. The third-order valence-electron chi connectivity index (χ3n) is 2.43. The minimum atomic E-state index is 0.540. The van der Waals surface area contributed by atoms with Gasteiger partial charge in [0.05, 0.1) is 22.4 Å². The Kier molecular flexibility index (Phi) is 2.78. The number of anilines is 1. The molecule has 0 amide bonds. The van der Waals surface area contributed by atoms with Crippen LogP contribution in [0, 0.1) is 0 Å². The Morgan fingerprint density at radius 1 is 1.40 bits per heavy atom. The van der Waals surface area contributed by atoms with Crippen LogP contribution >= 0.6 is 11.6 Å². The number of halogens is 1. The molecule has 2 aromatic rings. The lowest BCUT2D eigenvalue weighted by Crippen LogP contribution is -1.91. The number of nitrogens with zero attached hydrogens (tertiary/aromatic N) is 1. The SMILES string of the molecule is CCCc1ccc2ncc(N)c(Cl)c2c1. The van der Waals surface area contributed by atoms with Gasteiger partial charge in [-0.2, -0.15) is 0 Å².